The Morgan fingerprint density at radius 2 is 1.88 bits per heavy atom. The monoisotopic (exact) mass is 355 g/mol. The summed E-state index contributed by atoms with van der Waals surface area (Å²) < 4.78 is 0. The summed E-state index contributed by atoms with van der Waals surface area (Å²) in [7, 11) is 1.82. The first-order valence-corrected chi connectivity index (χ1v) is 8.99. The molecule has 3 aliphatic rings. The van der Waals surface area contributed by atoms with E-state index in [1.165, 1.54) is 0 Å². The van der Waals surface area contributed by atoms with Gasteiger partial charge in [0.05, 0.1) is 11.8 Å². The molecule has 4 rings (SSSR count). The molecule has 4 atom stereocenters. The summed E-state index contributed by atoms with van der Waals surface area (Å²) in [6.45, 7) is 9.95. The predicted octanol–water partition coefficient (Wildman–Crippen LogP) is 4.38. The highest BCUT2D eigenvalue weighted by Gasteiger charge is 2.59. The van der Waals surface area contributed by atoms with Gasteiger partial charge in [0.2, 0.25) is 5.91 Å². The van der Waals surface area contributed by atoms with Gasteiger partial charge in [0.15, 0.2) is 0 Å². The van der Waals surface area contributed by atoms with E-state index < -0.39 is 22.7 Å². The molecule has 0 aromatic heterocycles. The van der Waals surface area contributed by atoms with Crippen LogP contribution in [0, 0.1) is 16.7 Å². The number of allylic oxidation sites excluding steroid dienone is 3. The van der Waals surface area contributed by atoms with Gasteiger partial charge >= 0.3 is 0 Å². The van der Waals surface area contributed by atoms with Crippen molar-refractivity contribution in [3.8, 4) is 0 Å². The molecule has 0 spiro atoms. The molecule has 0 radical (unpaired) electrons. The van der Waals surface area contributed by atoms with E-state index in [2.05, 4.69) is 6.58 Å². The molecule has 0 unspecified atom stereocenters. The minimum atomic E-state index is -0.653. The summed E-state index contributed by atoms with van der Waals surface area (Å²) in [5, 5.41) is 0.642. The number of Topliss-reactive ketones (excluding diaryl/α,β-unsaturated/α-hetero) is 1. The van der Waals surface area contributed by atoms with Gasteiger partial charge in [-0.05, 0) is 22.6 Å². The van der Waals surface area contributed by atoms with Crippen molar-refractivity contribution in [2.75, 3.05) is 11.9 Å². The van der Waals surface area contributed by atoms with Gasteiger partial charge < -0.3 is 4.90 Å². The fourth-order valence-electron chi connectivity index (χ4n) is 5.03. The van der Waals surface area contributed by atoms with Crippen molar-refractivity contribution in [1.82, 2.24) is 0 Å². The van der Waals surface area contributed by atoms with E-state index in [1.807, 2.05) is 52.1 Å². The number of carbonyl (C=O) groups is 2. The molecule has 1 aliphatic heterocycles. The Bertz CT molecular complexity index is 869. The van der Waals surface area contributed by atoms with Crippen LogP contribution < -0.4 is 4.90 Å². The third-order valence-corrected chi connectivity index (χ3v) is 7.18. The molecule has 1 heterocycles. The molecule has 3 nitrogen and oxygen atoms in total. The van der Waals surface area contributed by atoms with Crippen LogP contribution in [0.2, 0.25) is 0 Å². The van der Waals surface area contributed by atoms with Gasteiger partial charge in [-0.1, -0.05) is 56.7 Å². The number of fused-ring (bicyclic) bond motifs is 3. The number of amides is 1. The van der Waals surface area contributed by atoms with Crippen LogP contribution in [0.25, 0.3) is 0 Å². The maximum absolute atomic E-state index is 13.5. The maximum Gasteiger partial charge on any atom is 0.234 e. The van der Waals surface area contributed by atoms with Crippen LogP contribution in [0.15, 0.2) is 42.0 Å². The highest BCUT2D eigenvalue weighted by molar-refractivity contribution is 6.31. The summed E-state index contributed by atoms with van der Waals surface area (Å²) in [4.78, 5) is 28.3. The van der Waals surface area contributed by atoms with Crippen molar-refractivity contribution in [2.24, 2.45) is 16.7 Å². The fourth-order valence-corrected chi connectivity index (χ4v) is 5.34. The lowest BCUT2D eigenvalue weighted by Crippen LogP contribution is -2.44. The third kappa shape index (κ3) is 1.77. The summed E-state index contributed by atoms with van der Waals surface area (Å²) in [5.41, 5.74) is 1.63. The third-order valence-electron chi connectivity index (χ3n) is 6.64. The Kier molecular flexibility index (Phi) is 3.22. The number of carbonyl (C=O) groups excluding carboxylic acids is 2. The highest BCUT2D eigenvalue weighted by atomic mass is 35.5. The summed E-state index contributed by atoms with van der Waals surface area (Å²) in [6, 6.07) is 5.88. The number of nitrogens with zero attached hydrogens (tertiary/aromatic N) is 1. The van der Waals surface area contributed by atoms with Crippen LogP contribution in [-0.2, 0) is 9.59 Å². The first-order valence-electron chi connectivity index (χ1n) is 8.61. The number of rotatable bonds is 1. The molecule has 1 aromatic rings. The van der Waals surface area contributed by atoms with Gasteiger partial charge in [0, 0.05) is 29.1 Å². The molecule has 1 amide bonds. The summed E-state index contributed by atoms with van der Waals surface area (Å²) >= 11 is 6.67. The van der Waals surface area contributed by atoms with Gasteiger partial charge in [0.1, 0.15) is 5.78 Å². The van der Waals surface area contributed by atoms with Gasteiger partial charge in [-0.25, -0.2) is 0 Å². The number of halogens is 1. The predicted molar refractivity (Wildman–Crippen MR) is 99.9 cm³/mol. The zero-order chi connectivity index (χ0) is 18.3. The number of likely N-dealkylation sites (N-methyl/N-ethyl adjacent to an activating group) is 1. The maximum atomic E-state index is 13.5. The number of benzene rings is 1. The standard InChI is InChI=1S/C21H22ClNO2/c1-6-21(4)14(22)10-12-18(24)16(21)11-8-7-9-13-15(11)17(20(12,2)3)19(25)23(13)5/h6-10,12,16-17H,1H2,2-5H3/t12-,16-,17+,21+/m0/s1. The van der Waals surface area contributed by atoms with Crippen molar-refractivity contribution in [3.63, 3.8) is 0 Å². The molecule has 1 aromatic carbocycles. The second-order valence-electron chi connectivity index (χ2n) is 8.25. The summed E-state index contributed by atoms with van der Waals surface area (Å²) in [5.74, 6) is -0.951. The van der Waals surface area contributed by atoms with Crippen LogP contribution in [0.1, 0.15) is 43.7 Å². The normalized spacial score (nSPS) is 35.2. The molecule has 0 N–H and O–H groups in total. The molecule has 0 fully saturated rings. The van der Waals surface area contributed by atoms with E-state index in [9.17, 15) is 9.59 Å². The smallest absolute Gasteiger partial charge is 0.234 e. The zero-order valence-electron chi connectivity index (χ0n) is 15.0. The average molecular weight is 356 g/mol. The van der Waals surface area contributed by atoms with Crippen molar-refractivity contribution >= 4 is 29.0 Å². The Balaban J connectivity index is 2.14. The van der Waals surface area contributed by atoms with E-state index in [0.29, 0.717) is 5.03 Å². The van der Waals surface area contributed by atoms with E-state index in [0.717, 1.165) is 16.8 Å². The van der Waals surface area contributed by atoms with Crippen molar-refractivity contribution in [3.05, 3.63) is 53.1 Å². The SMILES string of the molecule is C=C[C@]1(C)C(Cl)=C[C@H]2C(=O)[C@@H]1c1cccc3c1[C@H](C(=O)N3C)C2(C)C. The molecule has 4 heteroatoms. The lowest BCUT2D eigenvalue weighted by atomic mass is 9.61. The van der Waals surface area contributed by atoms with Gasteiger partial charge in [-0.15, -0.1) is 6.58 Å². The molecule has 0 saturated carbocycles. The number of ketones is 1. The van der Waals surface area contributed by atoms with Crippen LogP contribution in [0.4, 0.5) is 5.69 Å². The number of hydrogen-bond acceptors (Lipinski definition) is 2. The van der Waals surface area contributed by atoms with Crippen molar-refractivity contribution in [1.29, 1.82) is 0 Å². The van der Waals surface area contributed by atoms with Crippen molar-refractivity contribution < 1.29 is 9.59 Å². The highest BCUT2D eigenvalue weighted by Crippen LogP contribution is 2.62. The minimum absolute atomic E-state index is 0.0534. The van der Waals surface area contributed by atoms with E-state index >= 15 is 0 Å². The second-order valence-corrected chi connectivity index (χ2v) is 8.65. The van der Waals surface area contributed by atoms with Crippen LogP contribution in [-0.4, -0.2) is 18.7 Å². The second kappa shape index (κ2) is 4.85. The Morgan fingerprint density at radius 3 is 2.52 bits per heavy atom. The Labute approximate surface area is 153 Å². The Hall–Kier alpha value is -1.87. The first-order chi connectivity index (χ1) is 11.7. The Morgan fingerprint density at radius 1 is 1.20 bits per heavy atom. The fraction of sp³-hybridized carbons (Fsp3) is 0.429. The van der Waals surface area contributed by atoms with Crippen LogP contribution in [0.5, 0.6) is 0 Å². The lowest BCUT2D eigenvalue weighted by Gasteiger charge is -2.43. The van der Waals surface area contributed by atoms with Gasteiger partial charge in [-0.2, -0.15) is 0 Å². The van der Waals surface area contributed by atoms with Crippen molar-refractivity contribution in [2.45, 2.75) is 32.6 Å². The molecule has 25 heavy (non-hydrogen) atoms. The van der Waals surface area contributed by atoms with Crippen LogP contribution >= 0.6 is 11.6 Å². The van der Waals surface area contributed by atoms with Gasteiger partial charge in [0.25, 0.3) is 0 Å². The molecule has 130 valence electrons. The van der Waals surface area contributed by atoms with Crippen LogP contribution in [0.3, 0.4) is 0 Å². The number of hydrogen-bond donors (Lipinski definition) is 0. The molecule has 0 saturated heterocycles. The average Bonchev–Trinajstić information content (AvgIpc) is 2.80. The number of anilines is 1. The molecular formula is C21H22ClNO2. The topological polar surface area (TPSA) is 37.4 Å². The largest absolute Gasteiger partial charge is 0.315 e. The van der Waals surface area contributed by atoms with E-state index in [4.69, 9.17) is 11.6 Å². The summed E-state index contributed by atoms with van der Waals surface area (Å²) in [6.07, 6.45) is 3.64. The minimum Gasteiger partial charge on any atom is -0.315 e. The van der Waals surface area contributed by atoms with E-state index in [-0.39, 0.29) is 17.6 Å². The first kappa shape index (κ1) is 16.6. The molecule has 2 bridgehead atoms. The quantitative estimate of drug-likeness (QED) is 0.701. The molecular weight excluding hydrogens is 334 g/mol. The lowest BCUT2D eigenvalue weighted by molar-refractivity contribution is -0.130. The van der Waals surface area contributed by atoms with Gasteiger partial charge in [-0.3, -0.25) is 9.59 Å². The molecule has 2 aliphatic carbocycles. The van der Waals surface area contributed by atoms with E-state index in [1.54, 1.807) is 11.0 Å². The zero-order valence-corrected chi connectivity index (χ0v) is 15.7.